The maximum atomic E-state index is 14.1. The van der Waals surface area contributed by atoms with E-state index in [0.29, 0.717) is 6.61 Å². The minimum atomic E-state index is -3.85. The molecule has 3 rings (SSSR count). The third-order valence-corrected chi connectivity index (χ3v) is 6.71. The molecule has 0 bridgehead atoms. The summed E-state index contributed by atoms with van der Waals surface area (Å²) in [5, 5.41) is 0. The number of nitrogens with zero attached hydrogens (tertiary/aromatic N) is 3. The Morgan fingerprint density at radius 3 is 2.48 bits per heavy atom. The van der Waals surface area contributed by atoms with E-state index in [1.807, 2.05) is 29.9 Å². The zero-order valence-electron chi connectivity index (χ0n) is 17.1. The van der Waals surface area contributed by atoms with E-state index in [-0.39, 0.29) is 23.2 Å². The van der Waals surface area contributed by atoms with Crippen LogP contribution in [0.2, 0.25) is 0 Å². The molecule has 1 saturated heterocycles. The zero-order valence-corrected chi connectivity index (χ0v) is 18.0. The van der Waals surface area contributed by atoms with Crippen LogP contribution >= 0.6 is 0 Å². The number of sulfonamides is 1. The molecule has 160 valence electrons. The van der Waals surface area contributed by atoms with Crippen LogP contribution in [-0.4, -0.2) is 69.2 Å². The third-order valence-electron chi connectivity index (χ3n) is 5.28. The Hall–Kier alpha value is -1.94. The molecule has 2 aromatic rings. The monoisotopic (exact) mass is 424 g/mol. The molecule has 0 radical (unpaired) electrons. The SMILES string of the molecule is CCOc1ccc(S(=O)(=O)NCC(c2cccn2C)N2CCN(C)CC2)cc1F. The molecule has 0 spiro atoms. The fourth-order valence-electron chi connectivity index (χ4n) is 3.57. The van der Waals surface area contributed by atoms with Gasteiger partial charge >= 0.3 is 0 Å². The van der Waals surface area contributed by atoms with Crippen LogP contribution in [0.15, 0.2) is 41.4 Å². The Labute approximate surface area is 172 Å². The van der Waals surface area contributed by atoms with Crippen molar-refractivity contribution in [3.05, 3.63) is 48.0 Å². The Morgan fingerprint density at radius 2 is 1.90 bits per heavy atom. The molecule has 0 saturated carbocycles. The molecule has 7 nitrogen and oxygen atoms in total. The third kappa shape index (κ3) is 5.16. The normalized spacial score (nSPS) is 17.4. The lowest BCUT2D eigenvalue weighted by Crippen LogP contribution is -2.48. The lowest BCUT2D eigenvalue weighted by molar-refractivity contribution is 0.109. The van der Waals surface area contributed by atoms with Crippen LogP contribution in [0, 0.1) is 5.82 Å². The fourth-order valence-corrected chi connectivity index (χ4v) is 4.62. The molecule has 1 N–H and O–H groups in total. The number of likely N-dealkylation sites (N-methyl/N-ethyl adjacent to an activating group) is 1. The van der Waals surface area contributed by atoms with Gasteiger partial charge in [0.2, 0.25) is 10.0 Å². The maximum Gasteiger partial charge on any atom is 0.240 e. The fraction of sp³-hybridized carbons (Fsp3) is 0.500. The minimum Gasteiger partial charge on any atom is -0.491 e. The molecule has 0 aliphatic carbocycles. The number of nitrogens with one attached hydrogen (secondary N) is 1. The van der Waals surface area contributed by atoms with E-state index in [9.17, 15) is 12.8 Å². The summed E-state index contributed by atoms with van der Waals surface area (Å²) in [7, 11) is 0.180. The number of ether oxygens (including phenoxy) is 1. The van der Waals surface area contributed by atoms with Crippen LogP contribution in [-0.2, 0) is 17.1 Å². The standard InChI is InChI=1S/C20H29FN4O3S/c1-4-28-20-8-7-16(14-17(20)21)29(26,27)22-15-19(18-6-5-9-24(18)3)25-12-10-23(2)11-13-25/h5-9,14,19,22H,4,10-13,15H2,1-3H3. The van der Waals surface area contributed by atoms with Crippen molar-refractivity contribution in [2.45, 2.75) is 17.9 Å². The Kier molecular flexibility index (Phi) is 6.94. The number of aromatic nitrogens is 1. The van der Waals surface area contributed by atoms with Crippen molar-refractivity contribution in [2.75, 3.05) is 46.4 Å². The van der Waals surface area contributed by atoms with Crippen LogP contribution in [0.4, 0.5) is 4.39 Å². The van der Waals surface area contributed by atoms with Gasteiger partial charge in [0.1, 0.15) is 0 Å². The highest BCUT2D eigenvalue weighted by Crippen LogP contribution is 2.24. The van der Waals surface area contributed by atoms with Crippen LogP contribution in [0.25, 0.3) is 0 Å². The zero-order chi connectivity index (χ0) is 21.0. The van der Waals surface area contributed by atoms with E-state index in [1.54, 1.807) is 6.92 Å². The molecule has 1 atom stereocenters. The summed E-state index contributed by atoms with van der Waals surface area (Å²) in [4.78, 5) is 4.43. The van der Waals surface area contributed by atoms with Crippen molar-refractivity contribution in [1.29, 1.82) is 0 Å². The molecule has 1 aliphatic heterocycles. The van der Waals surface area contributed by atoms with Gasteiger partial charge in [-0.2, -0.15) is 0 Å². The van der Waals surface area contributed by atoms with Crippen LogP contribution in [0.5, 0.6) is 5.75 Å². The number of benzene rings is 1. The van der Waals surface area contributed by atoms with Gasteiger partial charge in [-0.05, 0) is 44.3 Å². The van der Waals surface area contributed by atoms with Gasteiger partial charge in [0.05, 0.1) is 17.5 Å². The highest BCUT2D eigenvalue weighted by molar-refractivity contribution is 7.89. The number of hydrogen-bond acceptors (Lipinski definition) is 5. The Balaban J connectivity index is 1.78. The first-order chi connectivity index (χ1) is 13.8. The van der Waals surface area contributed by atoms with Crippen LogP contribution in [0.3, 0.4) is 0 Å². The van der Waals surface area contributed by atoms with Crippen molar-refractivity contribution in [3.8, 4) is 5.75 Å². The second-order valence-electron chi connectivity index (χ2n) is 7.28. The van der Waals surface area contributed by atoms with Crippen molar-refractivity contribution >= 4 is 10.0 Å². The average molecular weight is 425 g/mol. The molecule has 1 unspecified atom stereocenters. The lowest BCUT2D eigenvalue weighted by atomic mass is 10.1. The Bertz CT molecular complexity index is 924. The van der Waals surface area contributed by atoms with E-state index in [1.165, 1.54) is 12.1 Å². The topological polar surface area (TPSA) is 66.8 Å². The molecule has 1 aromatic carbocycles. The van der Waals surface area contributed by atoms with E-state index in [2.05, 4.69) is 21.6 Å². The largest absolute Gasteiger partial charge is 0.491 e. The first-order valence-electron chi connectivity index (χ1n) is 9.77. The number of aryl methyl sites for hydroxylation is 1. The Morgan fingerprint density at radius 1 is 1.17 bits per heavy atom. The second-order valence-corrected chi connectivity index (χ2v) is 9.04. The van der Waals surface area contributed by atoms with Gasteiger partial charge in [0.15, 0.2) is 11.6 Å². The summed E-state index contributed by atoms with van der Waals surface area (Å²) in [5.41, 5.74) is 1.04. The van der Waals surface area contributed by atoms with Crippen LogP contribution < -0.4 is 9.46 Å². The molecule has 1 aliphatic rings. The van der Waals surface area contributed by atoms with Gasteiger partial charge in [-0.25, -0.2) is 17.5 Å². The van der Waals surface area contributed by atoms with E-state index >= 15 is 0 Å². The number of piperazine rings is 1. The molecule has 2 heterocycles. The molecule has 29 heavy (non-hydrogen) atoms. The first-order valence-corrected chi connectivity index (χ1v) is 11.3. The molecule has 1 fully saturated rings. The van der Waals surface area contributed by atoms with Gasteiger partial charge in [-0.15, -0.1) is 0 Å². The predicted molar refractivity (Wildman–Crippen MR) is 110 cm³/mol. The quantitative estimate of drug-likeness (QED) is 0.700. The summed E-state index contributed by atoms with van der Waals surface area (Å²) in [6.45, 7) is 5.82. The van der Waals surface area contributed by atoms with Crippen molar-refractivity contribution < 1.29 is 17.5 Å². The second kappa shape index (κ2) is 9.25. The van der Waals surface area contributed by atoms with Gasteiger partial charge in [-0.3, -0.25) is 4.90 Å². The smallest absolute Gasteiger partial charge is 0.240 e. The van der Waals surface area contributed by atoms with Gasteiger partial charge in [0.25, 0.3) is 0 Å². The summed E-state index contributed by atoms with van der Waals surface area (Å²) in [5.74, 6) is -0.640. The van der Waals surface area contributed by atoms with Gasteiger partial charge in [0, 0.05) is 51.7 Å². The maximum absolute atomic E-state index is 14.1. The lowest BCUT2D eigenvalue weighted by Gasteiger charge is -2.38. The van der Waals surface area contributed by atoms with Gasteiger partial charge in [-0.1, -0.05) is 0 Å². The number of halogens is 1. The van der Waals surface area contributed by atoms with Gasteiger partial charge < -0.3 is 14.2 Å². The first kappa shape index (κ1) is 21.8. The van der Waals surface area contributed by atoms with E-state index in [0.717, 1.165) is 37.9 Å². The van der Waals surface area contributed by atoms with E-state index in [4.69, 9.17) is 4.74 Å². The highest BCUT2D eigenvalue weighted by atomic mass is 32.2. The number of rotatable bonds is 8. The summed E-state index contributed by atoms with van der Waals surface area (Å²) < 4.78 is 49.6. The average Bonchev–Trinajstić information content (AvgIpc) is 3.11. The number of hydrogen-bond donors (Lipinski definition) is 1. The summed E-state index contributed by atoms with van der Waals surface area (Å²) in [6, 6.07) is 7.57. The highest BCUT2D eigenvalue weighted by Gasteiger charge is 2.27. The van der Waals surface area contributed by atoms with Crippen molar-refractivity contribution in [2.24, 2.45) is 7.05 Å². The molecular weight excluding hydrogens is 395 g/mol. The van der Waals surface area contributed by atoms with Crippen LogP contribution in [0.1, 0.15) is 18.7 Å². The summed E-state index contributed by atoms with van der Waals surface area (Å²) >= 11 is 0. The minimum absolute atomic E-state index is 0.0468. The van der Waals surface area contributed by atoms with E-state index < -0.39 is 15.8 Å². The molecule has 0 amide bonds. The molecule has 9 heteroatoms. The van der Waals surface area contributed by atoms with Crippen molar-refractivity contribution in [3.63, 3.8) is 0 Å². The molecular formula is C20H29FN4O3S. The molecule has 1 aromatic heterocycles. The summed E-state index contributed by atoms with van der Waals surface area (Å²) in [6.07, 6.45) is 1.95. The van der Waals surface area contributed by atoms with Crippen molar-refractivity contribution in [1.82, 2.24) is 19.1 Å². The predicted octanol–water partition coefficient (Wildman–Crippen LogP) is 1.83.